The highest BCUT2D eigenvalue weighted by molar-refractivity contribution is 5.97. The Morgan fingerprint density at radius 1 is 1.08 bits per heavy atom. The number of aromatic nitrogens is 3. The summed E-state index contributed by atoms with van der Waals surface area (Å²) < 4.78 is 0. The Kier molecular flexibility index (Phi) is 5.51. The van der Waals surface area contributed by atoms with Gasteiger partial charge in [0, 0.05) is 30.1 Å². The van der Waals surface area contributed by atoms with Crippen molar-refractivity contribution in [2.75, 3.05) is 11.9 Å². The monoisotopic (exact) mass is 347 g/mol. The second-order valence-electron chi connectivity index (χ2n) is 5.41. The molecule has 7 heteroatoms. The minimum absolute atomic E-state index is 0.143. The number of amides is 2. The number of carbonyl (C=O) groups is 2. The molecule has 2 aromatic heterocycles. The smallest absolute Gasteiger partial charge is 0.244 e. The lowest BCUT2D eigenvalue weighted by atomic mass is 10.2. The van der Waals surface area contributed by atoms with E-state index in [1.54, 1.807) is 24.5 Å². The highest BCUT2D eigenvalue weighted by atomic mass is 16.2. The van der Waals surface area contributed by atoms with Gasteiger partial charge in [-0.05, 0) is 23.8 Å². The highest BCUT2D eigenvalue weighted by Crippen LogP contribution is 2.18. The second kappa shape index (κ2) is 8.39. The number of nitrogens with zero attached hydrogens (tertiary/aromatic N) is 2. The van der Waals surface area contributed by atoms with Crippen LogP contribution in [0.5, 0.6) is 0 Å². The van der Waals surface area contributed by atoms with Crippen LogP contribution in [0.15, 0.2) is 67.0 Å². The molecular weight excluding hydrogens is 330 g/mol. The SMILES string of the molecule is O=C(/C=C/c1ccccc1)NCC(=O)Nc1cc(-c2ccncc2)[nH]n1. The highest BCUT2D eigenvalue weighted by Gasteiger charge is 2.08. The Hall–Kier alpha value is -3.74. The maximum Gasteiger partial charge on any atom is 0.244 e. The third-order valence-electron chi connectivity index (χ3n) is 3.49. The minimum atomic E-state index is -0.362. The molecule has 0 saturated carbocycles. The van der Waals surface area contributed by atoms with Crippen LogP contribution in [0, 0.1) is 0 Å². The molecule has 0 bridgehead atoms. The quantitative estimate of drug-likeness (QED) is 0.595. The number of anilines is 1. The number of carbonyl (C=O) groups excluding carboxylic acids is 2. The zero-order chi connectivity index (χ0) is 18.2. The fourth-order valence-corrected chi connectivity index (χ4v) is 2.21. The van der Waals surface area contributed by atoms with Crippen molar-refractivity contribution in [2.24, 2.45) is 0 Å². The van der Waals surface area contributed by atoms with Gasteiger partial charge in [0.15, 0.2) is 5.82 Å². The third kappa shape index (κ3) is 4.88. The average Bonchev–Trinajstić information content (AvgIpc) is 3.15. The average molecular weight is 347 g/mol. The summed E-state index contributed by atoms with van der Waals surface area (Å²) in [5.41, 5.74) is 2.58. The predicted octanol–water partition coefficient (Wildman–Crippen LogP) is 2.24. The molecule has 0 saturated heterocycles. The zero-order valence-corrected chi connectivity index (χ0v) is 13.8. The number of benzene rings is 1. The third-order valence-corrected chi connectivity index (χ3v) is 3.49. The number of pyridine rings is 1. The van der Waals surface area contributed by atoms with Crippen molar-refractivity contribution in [3.63, 3.8) is 0 Å². The summed E-state index contributed by atoms with van der Waals surface area (Å²) >= 11 is 0. The van der Waals surface area contributed by atoms with E-state index in [1.807, 2.05) is 42.5 Å². The van der Waals surface area contributed by atoms with Crippen LogP contribution in [0.25, 0.3) is 17.3 Å². The van der Waals surface area contributed by atoms with Crippen molar-refractivity contribution < 1.29 is 9.59 Å². The minimum Gasteiger partial charge on any atom is -0.343 e. The number of rotatable bonds is 6. The van der Waals surface area contributed by atoms with E-state index < -0.39 is 0 Å². The van der Waals surface area contributed by atoms with Gasteiger partial charge in [-0.3, -0.25) is 19.7 Å². The number of nitrogens with one attached hydrogen (secondary N) is 3. The molecule has 2 amide bonds. The lowest BCUT2D eigenvalue weighted by Gasteiger charge is -2.02. The largest absolute Gasteiger partial charge is 0.343 e. The number of hydrogen-bond acceptors (Lipinski definition) is 4. The molecule has 2 heterocycles. The Labute approximate surface area is 150 Å². The maximum absolute atomic E-state index is 11.9. The molecule has 7 nitrogen and oxygen atoms in total. The molecule has 0 aliphatic rings. The number of H-pyrrole nitrogens is 1. The first-order valence-corrected chi connectivity index (χ1v) is 7.97. The number of hydrogen-bond donors (Lipinski definition) is 3. The van der Waals surface area contributed by atoms with Crippen LogP contribution >= 0.6 is 0 Å². The summed E-state index contributed by atoms with van der Waals surface area (Å²) in [6.45, 7) is -0.143. The zero-order valence-electron chi connectivity index (χ0n) is 13.8. The van der Waals surface area contributed by atoms with Crippen LogP contribution in [-0.4, -0.2) is 33.5 Å². The fraction of sp³-hybridized carbons (Fsp3) is 0.0526. The normalized spacial score (nSPS) is 10.6. The molecule has 0 unspecified atom stereocenters. The van der Waals surface area contributed by atoms with Gasteiger partial charge in [-0.2, -0.15) is 5.10 Å². The van der Waals surface area contributed by atoms with Crippen molar-refractivity contribution >= 4 is 23.7 Å². The van der Waals surface area contributed by atoms with Gasteiger partial charge in [0.25, 0.3) is 0 Å². The lowest BCUT2D eigenvalue weighted by molar-refractivity contribution is -0.121. The van der Waals surface area contributed by atoms with Crippen molar-refractivity contribution in [3.05, 3.63) is 72.6 Å². The van der Waals surface area contributed by atoms with E-state index in [0.29, 0.717) is 5.82 Å². The van der Waals surface area contributed by atoms with E-state index in [0.717, 1.165) is 16.8 Å². The second-order valence-corrected chi connectivity index (χ2v) is 5.41. The summed E-state index contributed by atoms with van der Waals surface area (Å²) in [6, 6.07) is 14.8. The standard InChI is InChI=1S/C19H17N5O2/c25-18(7-6-14-4-2-1-3-5-14)21-13-19(26)22-17-12-16(23-24-17)15-8-10-20-11-9-15/h1-12H,13H2,(H,21,25)(H2,22,23,24,26)/b7-6+. The molecule has 3 aromatic rings. The van der Waals surface area contributed by atoms with Crippen molar-refractivity contribution in [1.82, 2.24) is 20.5 Å². The van der Waals surface area contributed by atoms with Gasteiger partial charge in [0.05, 0.1) is 12.2 Å². The molecule has 0 aliphatic carbocycles. The molecule has 0 fully saturated rings. The molecule has 0 atom stereocenters. The summed E-state index contributed by atoms with van der Waals surface area (Å²) in [5.74, 6) is -0.321. The van der Waals surface area contributed by atoms with Gasteiger partial charge in [0.1, 0.15) is 0 Å². The van der Waals surface area contributed by atoms with E-state index in [-0.39, 0.29) is 18.4 Å². The molecule has 3 rings (SSSR count). The Balaban J connectivity index is 1.48. The van der Waals surface area contributed by atoms with Gasteiger partial charge in [-0.25, -0.2) is 0 Å². The van der Waals surface area contributed by atoms with E-state index >= 15 is 0 Å². The van der Waals surface area contributed by atoms with Crippen molar-refractivity contribution in [2.45, 2.75) is 0 Å². The van der Waals surface area contributed by atoms with Crippen LogP contribution in [0.3, 0.4) is 0 Å². The van der Waals surface area contributed by atoms with Crippen molar-refractivity contribution in [1.29, 1.82) is 0 Å². The molecule has 0 aliphatic heterocycles. The fourth-order valence-electron chi connectivity index (χ4n) is 2.21. The predicted molar refractivity (Wildman–Crippen MR) is 98.9 cm³/mol. The Bertz CT molecular complexity index is 904. The summed E-state index contributed by atoms with van der Waals surface area (Å²) in [7, 11) is 0. The molecular formula is C19H17N5O2. The summed E-state index contributed by atoms with van der Waals surface area (Å²) in [4.78, 5) is 27.6. The van der Waals surface area contributed by atoms with Gasteiger partial charge in [0.2, 0.25) is 11.8 Å². The van der Waals surface area contributed by atoms with E-state index in [9.17, 15) is 9.59 Å². The summed E-state index contributed by atoms with van der Waals surface area (Å²) in [5, 5.41) is 12.0. The molecule has 1 aromatic carbocycles. The maximum atomic E-state index is 11.9. The first-order chi connectivity index (χ1) is 12.7. The van der Waals surface area contributed by atoms with Crippen LogP contribution in [-0.2, 0) is 9.59 Å². The van der Waals surface area contributed by atoms with E-state index in [1.165, 1.54) is 6.08 Å². The molecule has 26 heavy (non-hydrogen) atoms. The molecule has 0 radical (unpaired) electrons. The van der Waals surface area contributed by atoms with Crippen LogP contribution in [0.4, 0.5) is 5.82 Å². The van der Waals surface area contributed by atoms with Gasteiger partial charge in [-0.1, -0.05) is 30.3 Å². The van der Waals surface area contributed by atoms with Gasteiger partial charge in [-0.15, -0.1) is 0 Å². The lowest BCUT2D eigenvalue weighted by Crippen LogP contribution is -2.31. The molecule has 0 spiro atoms. The van der Waals surface area contributed by atoms with Crippen LogP contribution in [0.1, 0.15) is 5.56 Å². The first kappa shape index (κ1) is 17.1. The first-order valence-electron chi connectivity index (χ1n) is 7.97. The Morgan fingerprint density at radius 3 is 2.62 bits per heavy atom. The molecule has 130 valence electrons. The van der Waals surface area contributed by atoms with Gasteiger partial charge < -0.3 is 10.6 Å². The Morgan fingerprint density at radius 2 is 1.85 bits per heavy atom. The van der Waals surface area contributed by atoms with E-state index in [2.05, 4.69) is 25.8 Å². The topological polar surface area (TPSA) is 99.8 Å². The van der Waals surface area contributed by atoms with Crippen LogP contribution in [0.2, 0.25) is 0 Å². The van der Waals surface area contributed by atoms with Crippen molar-refractivity contribution in [3.8, 4) is 11.3 Å². The van der Waals surface area contributed by atoms with Crippen LogP contribution < -0.4 is 10.6 Å². The molecule has 3 N–H and O–H groups in total. The van der Waals surface area contributed by atoms with E-state index in [4.69, 9.17) is 0 Å². The number of aromatic amines is 1. The summed E-state index contributed by atoms with van der Waals surface area (Å²) in [6.07, 6.45) is 6.42. The van der Waals surface area contributed by atoms with Gasteiger partial charge >= 0.3 is 0 Å².